The number of aliphatic hydroxyl groups excluding tert-OH is 1. The Morgan fingerprint density at radius 3 is 2.65 bits per heavy atom. The lowest BCUT2D eigenvalue weighted by Crippen LogP contribution is -2.16. The predicted molar refractivity (Wildman–Crippen MR) is 78.5 cm³/mol. The predicted octanol–water partition coefficient (Wildman–Crippen LogP) is 3.02. The van der Waals surface area contributed by atoms with Gasteiger partial charge < -0.3 is 14.3 Å². The van der Waals surface area contributed by atoms with Crippen LogP contribution in [-0.2, 0) is 0 Å². The smallest absolute Gasteiger partial charge is 0.336 e. The molecule has 0 fully saturated rings. The maximum Gasteiger partial charge on any atom is 0.336 e. The van der Waals surface area contributed by atoms with Gasteiger partial charge in [0.25, 0.3) is 0 Å². The first-order chi connectivity index (χ1) is 9.45. The van der Waals surface area contributed by atoms with Gasteiger partial charge in [0.1, 0.15) is 11.3 Å². The largest absolute Gasteiger partial charge is 0.496 e. The quantitative estimate of drug-likeness (QED) is 0.535. The maximum atomic E-state index is 11.4. The van der Waals surface area contributed by atoms with Crippen molar-refractivity contribution in [2.75, 3.05) is 7.11 Å². The molecule has 2 rings (SSSR count). The molecule has 106 valence electrons. The summed E-state index contributed by atoms with van der Waals surface area (Å²) < 4.78 is 10.5. The van der Waals surface area contributed by atoms with E-state index in [0.717, 1.165) is 0 Å². The first-order valence-electron chi connectivity index (χ1n) is 6.04. The first kappa shape index (κ1) is 14.6. The molecule has 2 unspecified atom stereocenters. The summed E-state index contributed by atoms with van der Waals surface area (Å²) in [4.78, 5) is 11.4. The zero-order valence-electron chi connectivity index (χ0n) is 11.2. The first-order valence-corrected chi connectivity index (χ1v) is 6.47. The van der Waals surface area contributed by atoms with Crippen molar-refractivity contribution in [1.82, 2.24) is 0 Å². The molecule has 1 aromatic carbocycles. The molecule has 0 radical (unpaired) electrons. The third-order valence-electron chi connectivity index (χ3n) is 3.07. The lowest BCUT2D eigenvalue weighted by molar-refractivity contribution is 0.204. The van der Waals surface area contributed by atoms with Gasteiger partial charge >= 0.3 is 5.63 Å². The molecule has 2 atom stereocenters. The van der Waals surface area contributed by atoms with Gasteiger partial charge in [-0.2, -0.15) is 0 Å². The van der Waals surface area contributed by atoms with E-state index < -0.39 is 17.1 Å². The minimum atomic E-state index is -0.971. The van der Waals surface area contributed by atoms with Crippen LogP contribution in [-0.4, -0.2) is 18.3 Å². The van der Waals surface area contributed by atoms with E-state index in [1.807, 2.05) is 0 Å². The molecule has 0 saturated carbocycles. The van der Waals surface area contributed by atoms with Crippen LogP contribution in [0.25, 0.3) is 11.0 Å². The Kier molecular flexibility index (Phi) is 4.16. The average Bonchev–Trinajstić information content (AvgIpc) is 2.44. The summed E-state index contributed by atoms with van der Waals surface area (Å²) in [6.07, 6.45) is -0.971. The van der Waals surface area contributed by atoms with Crippen LogP contribution in [0.5, 0.6) is 5.75 Å². The topological polar surface area (TPSA) is 59.7 Å². The molecule has 0 spiro atoms. The van der Waals surface area contributed by atoms with Crippen LogP contribution in [0.2, 0.25) is 0 Å². The Morgan fingerprint density at radius 1 is 1.40 bits per heavy atom. The molecule has 0 aliphatic heterocycles. The molecular formula is C15H15ClO4. The highest BCUT2D eigenvalue weighted by Gasteiger charge is 2.26. The zero-order chi connectivity index (χ0) is 14.9. The highest BCUT2D eigenvalue weighted by atomic mass is 35.5. The molecule has 0 aliphatic carbocycles. The van der Waals surface area contributed by atoms with Gasteiger partial charge in [-0.15, -0.1) is 11.6 Å². The van der Waals surface area contributed by atoms with Crippen molar-refractivity contribution in [3.8, 4) is 5.75 Å². The highest BCUT2D eigenvalue weighted by molar-refractivity contribution is 6.22. The Morgan fingerprint density at radius 2 is 2.05 bits per heavy atom. The van der Waals surface area contributed by atoms with Crippen LogP contribution in [0, 0.1) is 0 Å². The van der Waals surface area contributed by atoms with E-state index in [9.17, 15) is 9.90 Å². The van der Waals surface area contributed by atoms with Crippen molar-refractivity contribution in [3.05, 3.63) is 52.4 Å². The molecule has 4 nitrogen and oxygen atoms in total. The minimum absolute atomic E-state index is 0.317. The SMILES string of the molecule is C=C(C)C(O)C(Cl)c1c(OC)ccc2ccc(=O)oc12. The number of fused-ring (bicyclic) bond motifs is 1. The maximum absolute atomic E-state index is 11.4. The van der Waals surface area contributed by atoms with E-state index in [1.54, 1.807) is 25.1 Å². The molecule has 2 aromatic rings. The summed E-state index contributed by atoms with van der Waals surface area (Å²) >= 11 is 6.31. The fraction of sp³-hybridized carbons (Fsp3) is 0.267. The number of methoxy groups -OCH3 is 1. The number of ether oxygens (including phenoxy) is 1. The Labute approximate surface area is 121 Å². The number of hydrogen-bond donors (Lipinski definition) is 1. The fourth-order valence-corrected chi connectivity index (χ4v) is 2.40. The normalized spacial score (nSPS) is 14.0. The van der Waals surface area contributed by atoms with Gasteiger partial charge in [0.05, 0.1) is 24.2 Å². The van der Waals surface area contributed by atoms with Gasteiger partial charge in [0.15, 0.2) is 0 Å². The molecule has 0 aliphatic rings. The Bertz CT molecular complexity index is 705. The van der Waals surface area contributed by atoms with Crippen molar-refractivity contribution >= 4 is 22.6 Å². The summed E-state index contributed by atoms with van der Waals surface area (Å²) in [6, 6.07) is 6.45. The van der Waals surface area contributed by atoms with Gasteiger partial charge in [-0.05, 0) is 25.1 Å². The van der Waals surface area contributed by atoms with Crippen molar-refractivity contribution in [2.45, 2.75) is 18.4 Å². The number of benzene rings is 1. The minimum Gasteiger partial charge on any atom is -0.496 e. The summed E-state index contributed by atoms with van der Waals surface area (Å²) in [6.45, 7) is 5.36. The van der Waals surface area contributed by atoms with E-state index in [2.05, 4.69) is 6.58 Å². The zero-order valence-corrected chi connectivity index (χ0v) is 12.0. The van der Waals surface area contributed by atoms with Crippen molar-refractivity contribution in [1.29, 1.82) is 0 Å². The highest BCUT2D eigenvalue weighted by Crippen LogP contribution is 2.38. The molecule has 20 heavy (non-hydrogen) atoms. The number of halogens is 1. The van der Waals surface area contributed by atoms with Crippen LogP contribution in [0.1, 0.15) is 17.9 Å². The summed E-state index contributed by atoms with van der Waals surface area (Å²) in [5, 5.41) is 9.98. The second kappa shape index (κ2) is 5.69. The second-order valence-corrected chi connectivity index (χ2v) is 5.02. The van der Waals surface area contributed by atoms with E-state index in [-0.39, 0.29) is 0 Å². The van der Waals surface area contributed by atoms with Gasteiger partial charge in [-0.3, -0.25) is 0 Å². The third kappa shape index (κ3) is 2.57. The van der Waals surface area contributed by atoms with E-state index in [4.69, 9.17) is 20.8 Å². The fourth-order valence-electron chi connectivity index (χ4n) is 1.98. The van der Waals surface area contributed by atoms with Crippen LogP contribution in [0.4, 0.5) is 0 Å². The molecule has 1 aromatic heterocycles. The number of alkyl halides is 1. The molecule has 0 amide bonds. The third-order valence-corrected chi connectivity index (χ3v) is 3.52. The number of hydrogen-bond acceptors (Lipinski definition) is 4. The van der Waals surface area contributed by atoms with Gasteiger partial charge in [-0.1, -0.05) is 12.2 Å². The van der Waals surface area contributed by atoms with Crippen LogP contribution >= 0.6 is 11.6 Å². The van der Waals surface area contributed by atoms with Crippen molar-refractivity contribution in [2.24, 2.45) is 0 Å². The van der Waals surface area contributed by atoms with E-state index in [1.165, 1.54) is 13.2 Å². The van der Waals surface area contributed by atoms with E-state index >= 15 is 0 Å². The molecule has 0 saturated heterocycles. The van der Waals surface area contributed by atoms with Crippen LogP contribution in [0.15, 0.2) is 45.6 Å². The lowest BCUT2D eigenvalue weighted by Gasteiger charge is -2.20. The molecule has 5 heteroatoms. The molecule has 0 bridgehead atoms. The lowest BCUT2D eigenvalue weighted by atomic mass is 9.99. The molecule has 1 N–H and O–H groups in total. The summed E-state index contributed by atoms with van der Waals surface area (Å²) in [5.74, 6) is 0.451. The van der Waals surface area contributed by atoms with Gasteiger partial charge in [0.2, 0.25) is 0 Å². The average molecular weight is 295 g/mol. The van der Waals surface area contributed by atoms with Gasteiger partial charge in [-0.25, -0.2) is 4.79 Å². The summed E-state index contributed by atoms with van der Waals surface area (Å²) in [7, 11) is 1.49. The Hall–Kier alpha value is -1.78. The van der Waals surface area contributed by atoms with Gasteiger partial charge in [0, 0.05) is 11.5 Å². The van der Waals surface area contributed by atoms with Crippen molar-refractivity contribution < 1.29 is 14.3 Å². The second-order valence-electron chi connectivity index (χ2n) is 4.55. The monoisotopic (exact) mass is 294 g/mol. The molecule has 1 heterocycles. The van der Waals surface area contributed by atoms with Crippen LogP contribution < -0.4 is 10.4 Å². The van der Waals surface area contributed by atoms with Crippen molar-refractivity contribution in [3.63, 3.8) is 0 Å². The standard InChI is InChI=1S/C15H15ClO4/c1-8(2)14(18)13(16)12-10(19-3)6-4-9-5-7-11(17)20-15(9)12/h4-7,13-14,18H,1H2,2-3H3. The number of aliphatic hydroxyl groups is 1. The number of rotatable bonds is 4. The summed E-state index contributed by atoms with van der Waals surface area (Å²) in [5.41, 5.74) is 0.792. The van der Waals surface area contributed by atoms with Crippen LogP contribution in [0.3, 0.4) is 0 Å². The Balaban J connectivity index is 2.73. The molecular weight excluding hydrogens is 280 g/mol. The van der Waals surface area contributed by atoms with E-state index in [0.29, 0.717) is 27.9 Å².